The van der Waals surface area contributed by atoms with Gasteiger partial charge in [-0.2, -0.15) is 0 Å². The number of carbonyl (C=O) groups is 1. The lowest BCUT2D eigenvalue weighted by Crippen LogP contribution is -2.55. The van der Waals surface area contributed by atoms with Gasteiger partial charge in [-0.1, -0.05) is 0 Å². The number of hydrogen-bond donors (Lipinski definition) is 1. The molecule has 0 saturated carbocycles. The molecule has 1 N–H and O–H groups in total. The highest BCUT2D eigenvalue weighted by Crippen LogP contribution is 2.29. The predicted molar refractivity (Wildman–Crippen MR) is 74.8 cm³/mol. The van der Waals surface area contributed by atoms with Crippen molar-refractivity contribution >= 4 is 11.7 Å². The van der Waals surface area contributed by atoms with Crippen LogP contribution in [0.5, 0.6) is 0 Å². The minimum absolute atomic E-state index is 0.263. The predicted octanol–water partition coefficient (Wildman–Crippen LogP) is 2.20. The summed E-state index contributed by atoms with van der Waals surface area (Å²) < 4.78 is 13.8. The lowest BCUT2D eigenvalue weighted by Gasteiger charge is -2.43. The summed E-state index contributed by atoms with van der Waals surface area (Å²) in [6.07, 6.45) is 2.43. The standard InChI is InChI=1S/C15H19FN2O2/c1-10-8-17-6-2-3-12(17)9-18(10)11-4-5-13(15(19)20)14(16)7-11/h4-5,7,10,12H,2-3,6,8-9H2,1H3,(H,19,20). The van der Waals surface area contributed by atoms with Gasteiger partial charge in [0.25, 0.3) is 0 Å². The Balaban J connectivity index is 1.85. The Hall–Kier alpha value is -1.62. The summed E-state index contributed by atoms with van der Waals surface area (Å²) in [7, 11) is 0. The van der Waals surface area contributed by atoms with Crippen LogP contribution in [-0.4, -0.2) is 47.7 Å². The smallest absolute Gasteiger partial charge is 0.338 e. The molecule has 2 aliphatic heterocycles. The maximum absolute atomic E-state index is 13.8. The van der Waals surface area contributed by atoms with Crippen molar-refractivity contribution in [3.05, 3.63) is 29.6 Å². The van der Waals surface area contributed by atoms with E-state index in [0.29, 0.717) is 12.1 Å². The Morgan fingerprint density at radius 2 is 2.20 bits per heavy atom. The van der Waals surface area contributed by atoms with Gasteiger partial charge in [-0.3, -0.25) is 4.90 Å². The van der Waals surface area contributed by atoms with E-state index in [0.717, 1.165) is 25.3 Å². The molecule has 2 saturated heterocycles. The summed E-state index contributed by atoms with van der Waals surface area (Å²) in [5, 5.41) is 8.88. The number of nitrogens with zero attached hydrogens (tertiary/aromatic N) is 2. The first kappa shape index (κ1) is 13.4. The van der Waals surface area contributed by atoms with Crippen molar-refractivity contribution in [2.75, 3.05) is 24.5 Å². The fourth-order valence-electron chi connectivity index (χ4n) is 3.40. The van der Waals surface area contributed by atoms with Crippen molar-refractivity contribution in [1.29, 1.82) is 0 Å². The van der Waals surface area contributed by atoms with E-state index in [4.69, 9.17) is 5.11 Å². The zero-order valence-electron chi connectivity index (χ0n) is 11.6. The zero-order chi connectivity index (χ0) is 14.3. The second-order valence-corrected chi connectivity index (χ2v) is 5.76. The molecular weight excluding hydrogens is 259 g/mol. The van der Waals surface area contributed by atoms with Gasteiger partial charge in [0.1, 0.15) is 5.82 Å². The fraction of sp³-hybridized carbons (Fsp3) is 0.533. The highest BCUT2D eigenvalue weighted by molar-refractivity contribution is 5.88. The summed E-state index contributed by atoms with van der Waals surface area (Å²) in [6.45, 7) is 5.19. The van der Waals surface area contributed by atoms with Gasteiger partial charge < -0.3 is 10.0 Å². The fourth-order valence-corrected chi connectivity index (χ4v) is 3.40. The highest BCUT2D eigenvalue weighted by atomic mass is 19.1. The summed E-state index contributed by atoms with van der Waals surface area (Å²) in [4.78, 5) is 15.6. The van der Waals surface area contributed by atoms with E-state index in [-0.39, 0.29) is 5.56 Å². The molecule has 108 valence electrons. The van der Waals surface area contributed by atoms with Crippen LogP contribution < -0.4 is 4.90 Å². The normalized spacial score (nSPS) is 26.6. The zero-order valence-corrected chi connectivity index (χ0v) is 11.6. The van der Waals surface area contributed by atoms with Gasteiger partial charge in [-0.15, -0.1) is 0 Å². The summed E-state index contributed by atoms with van der Waals surface area (Å²) in [5.74, 6) is -1.88. The Kier molecular flexibility index (Phi) is 3.38. The van der Waals surface area contributed by atoms with Crippen LogP contribution in [0.2, 0.25) is 0 Å². The van der Waals surface area contributed by atoms with Gasteiger partial charge in [-0.25, -0.2) is 9.18 Å². The molecule has 2 fully saturated rings. The third-order valence-electron chi connectivity index (χ3n) is 4.45. The molecule has 2 aliphatic rings. The number of carboxylic acid groups (broad SMARTS) is 1. The molecule has 1 aromatic rings. The highest BCUT2D eigenvalue weighted by Gasteiger charge is 2.34. The quantitative estimate of drug-likeness (QED) is 0.900. The van der Waals surface area contributed by atoms with Crippen LogP contribution in [-0.2, 0) is 0 Å². The number of aromatic carboxylic acids is 1. The van der Waals surface area contributed by atoms with Crippen molar-refractivity contribution in [1.82, 2.24) is 4.90 Å². The summed E-state index contributed by atoms with van der Waals surface area (Å²) >= 11 is 0. The number of rotatable bonds is 2. The molecule has 20 heavy (non-hydrogen) atoms. The van der Waals surface area contributed by atoms with Gasteiger partial charge in [0.2, 0.25) is 0 Å². The van der Waals surface area contributed by atoms with Crippen LogP contribution in [0.4, 0.5) is 10.1 Å². The number of piperazine rings is 1. The molecule has 0 aliphatic carbocycles. The first-order valence-electron chi connectivity index (χ1n) is 7.10. The third kappa shape index (κ3) is 2.26. The largest absolute Gasteiger partial charge is 0.478 e. The molecule has 0 amide bonds. The summed E-state index contributed by atoms with van der Waals surface area (Å²) in [5.41, 5.74) is 0.521. The van der Waals surface area contributed by atoms with E-state index in [9.17, 15) is 9.18 Å². The van der Waals surface area contributed by atoms with E-state index in [1.54, 1.807) is 6.07 Å². The van der Waals surface area contributed by atoms with Crippen LogP contribution in [0.3, 0.4) is 0 Å². The first-order valence-corrected chi connectivity index (χ1v) is 7.10. The molecule has 2 atom stereocenters. The third-order valence-corrected chi connectivity index (χ3v) is 4.45. The van der Waals surface area contributed by atoms with Gasteiger partial charge in [0.15, 0.2) is 0 Å². The topological polar surface area (TPSA) is 43.8 Å². The SMILES string of the molecule is CC1CN2CCCC2CN1c1ccc(C(=O)O)c(F)c1. The number of fused-ring (bicyclic) bond motifs is 1. The molecule has 2 unspecified atom stereocenters. The number of anilines is 1. The van der Waals surface area contributed by atoms with Crippen LogP contribution >= 0.6 is 0 Å². The van der Waals surface area contributed by atoms with Crippen molar-refractivity contribution < 1.29 is 14.3 Å². The van der Waals surface area contributed by atoms with Crippen LogP contribution in [0.25, 0.3) is 0 Å². The van der Waals surface area contributed by atoms with Gasteiger partial charge in [0, 0.05) is 30.9 Å². The lowest BCUT2D eigenvalue weighted by atomic mass is 10.1. The van der Waals surface area contributed by atoms with E-state index >= 15 is 0 Å². The van der Waals surface area contributed by atoms with E-state index in [1.807, 2.05) is 0 Å². The molecule has 0 aromatic heterocycles. The second kappa shape index (κ2) is 5.05. The molecule has 0 bridgehead atoms. The number of carboxylic acids is 1. The summed E-state index contributed by atoms with van der Waals surface area (Å²) in [6, 6.07) is 5.30. The number of hydrogen-bond acceptors (Lipinski definition) is 3. The lowest BCUT2D eigenvalue weighted by molar-refractivity contribution is 0.0692. The Morgan fingerprint density at radius 1 is 1.40 bits per heavy atom. The monoisotopic (exact) mass is 278 g/mol. The maximum Gasteiger partial charge on any atom is 0.338 e. The molecular formula is C15H19FN2O2. The van der Waals surface area contributed by atoms with E-state index in [2.05, 4.69) is 16.7 Å². The number of benzene rings is 1. The van der Waals surface area contributed by atoms with Crippen LogP contribution in [0.1, 0.15) is 30.1 Å². The van der Waals surface area contributed by atoms with E-state index < -0.39 is 11.8 Å². The van der Waals surface area contributed by atoms with Crippen LogP contribution in [0.15, 0.2) is 18.2 Å². The van der Waals surface area contributed by atoms with Crippen LogP contribution in [0, 0.1) is 5.82 Å². The minimum Gasteiger partial charge on any atom is -0.478 e. The van der Waals surface area contributed by atoms with Crippen molar-refractivity contribution in [2.45, 2.75) is 31.8 Å². The molecule has 5 heteroatoms. The van der Waals surface area contributed by atoms with Crippen molar-refractivity contribution in [2.24, 2.45) is 0 Å². The first-order chi connectivity index (χ1) is 9.56. The average molecular weight is 278 g/mol. The Labute approximate surface area is 117 Å². The van der Waals surface area contributed by atoms with Gasteiger partial charge in [0.05, 0.1) is 5.56 Å². The van der Waals surface area contributed by atoms with Gasteiger partial charge >= 0.3 is 5.97 Å². The average Bonchev–Trinajstić information content (AvgIpc) is 2.84. The molecule has 0 spiro atoms. The Morgan fingerprint density at radius 3 is 2.90 bits per heavy atom. The molecule has 3 rings (SSSR count). The maximum atomic E-state index is 13.8. The number of halogens is 1. The van der Waals surface area contributed by atoms with Crippen molar-refractivity contribution in [3.8, 4) is 0 Å². The minimum atomic E-state index is -1.22. The molecule has 2 heterocycles. The van der Waals surface area contributed by atoms with E-state index in [1.165, 1.54) is 25.0 Å². The van der Waals surface area contributed by atoms with Gasteiger partial charge in [-0.05, 0) is 44.5 Å². The second-order valence-electron chi connectivity index (χ2n) is 5.76. The Bertz CT molecular complexity index is 535. The molecule has 0 radical (unpaired) electrons. The van der Waals surface area contributed by atoms with Crippen molar-refractivity contribution in [3.63, 3.8) is 0 Å². The molecule has 4 nitrogen and oxygen atoms in total. The molecule has 1 aromatic carbocycles.